The van der Waals surface area contributed by atoms with Crippen LogP contribution in [0.15, 0.2) is 36.1 Å². The van der Waals surface area contributed by atoms with Crippen LogP contribution in [0.4, 0.5) is 0 Å². The molecular formula is C8H13N. The lowest BCUT2D eigenvalue weighted by Crippen LogP contribution is -1.79. The highest BCUT2D eigenvalue weighted by molar-refractivity contribution is 5.28. The fourth-order valence-corrected chi connectivity index (χ4v) is 0.437. The fourth-order valence-electron chi connectivity index (χ4n) is 0.437. The summed E-state index contributed by atoms with van der Waals surface area (Å²) in [6.45, 7) is 7.63. The molecule has 0 aromatic carbocycles. The molecule has 0 saturated heterocycles. The van der Waals surface area contributed by atoms with E-state index in [9.17, 15) is 0 Å². The predicted molar refractivity (Wildman–Crippen MR) is 41.9 cm³/mol. The van der Waals surface area contributed by atoms with Crippen molar-refractivity contribution in [2.24, 2.45) is 5.73 Å². The highest BCUT2D eigenvalue weighted by Crippen LogP contribution is 2.03. The minimum absolute atomic E-state index is 1.16. The Morgan fingerprint density at radius 1 is 1.33 bits per heavy atom. The van der Waals surface area contributed by atoms with Gasteiger partial charge < -0.3 is 5.73 Å². The van der Waals surface area contributed by atoms with Gasteiger partial charge in [0.1, 0.15) is 0 Å². The molecule has 0 aromatic rings. The third kappa shape index (κ3) is 2.75. The van der Waals surface area contributed by atoms with E-state index in [2.05, 4.69) is 6.58 Å². The van der Waals surface area contributed by atoms with Crippen LogP contribution < -0.4 is 5.73 Å². The summed E-state index contributed by atoms with van der Waals surface area (Å²) in [5.74, 6) is 0. The lowest BCUT2D eigenvalue weighted by Gasteiger charge is -1.93. The van der Waals surface area contributed by atoms with Crippen molar-refractivity contribution in [2.45, 2.75) is 13.8 Å². The van der Waals surface area contributed by atoms with E-state index in [0.717, 1.165) is 11.1 Å². The van der Waals surface area contributed by atoms with Crippen LogP contribution in [0.5, 0.6) is 0 Å². The molecule has 0 radical (unpaired) electrons. The summed E-state index contributed by atoms with van der Waals surface area (Å²) in [7, 11) is 0. The lowest BCUT2D eigenvalue weighted by molar-refractivity contribution is 1.37. The van der Waals surface area contributed by atoms with Crippen molar-refractivity contribution in [1.29, 1.82) is 0 Å². The van der Waals surface area contributed by atoms with Gasteiger partial charge in [-0.2, -0.15) is 0 Å². The van der Waals surface area contributed by atoms with Crippen molar-refractivity contribution in [3.63, 3.8) is 0 Å². The van der Waals surface area contributed by atoms with Gasteiger partial charge in [-0.1, -0.05) is 12.7 Å². The van der Waals surface area contributed by atoms with Gasteiger partial charge in [0, 0.05) is 0 Å². The van der Waals surface area contributed by atoms with E-state index in [1.807, 2.05) is 26.0 Å². The van der Waals surface area contributed by atoms with E-state index >= 15 is 0 Å². The molecule has 0 aliphatic heterocycles. The van der Waals surface area contributed by atoms with Crippen LogP contribution in [0.2, 0.25) is 0 Å². The van der Waals surface area contributed by atoms with Gasteiger partial charge >= 0.3 is 0 Å². The Hall–Kier alpha value is -0.980. The molecule has 9 heavy (non-hydrogen) atoms. The zero-order valence-electron chi connectivity index (χ0n) is 6.02. The highest BCUT2D eigenvalue weighted by Gasteiger charge is 1.83. The molecule has 0 rings (SSSR count). The molecule has 0 bridgehead atoms. The highest BCUT2D eigenvalue weighted by atomic mass is 14.5. The van der Waals surface area contributed by atoms with E-state index in [1.54, 1.807) is 0 Å². The molecule has 1 nitrogen and oxygen atoms in total. The minimum Gasteiger partial charge on any atom is -0.405 e. The summed E-state index contributed by atoms with van der Waals surface area (Å²) < 4.78 is 0. The Balaban J connectivity index is 4.27. The van der Waals surface area contributed by atoms with Crippen molar-refractivity contribution in [3.8, 4) is 0 Å². The predicted octanol–water partition coefficient (Wildman–Crippen LogP) is 1.98. The van der Waals surface area contributed by atoms with Gasteiger partial charge in [0.25, 0.3) is 0 Å². The zero-order chi connectivity index (χ0) is 7.28. The summed E-state index contributed by atoms with van der Waals surface area (Å²) in [5.41, 5.74) is 7.50. The molecule has 1 heteroatoms. The van der Waals surface area contributed by atoms with Crippen molar-refractivity contribution in [1.82, 2.24) is 0 Å². The molecule has 0 aliphatic rings. The third-order valence-corrected chi connectivity index (χ3v) is 1.27. The molecule has 0 aliphatic carbocycles. The Kier molecular flexibility index (Phi) is 3.52. The SMILES string of the molecule is C=C/C(C)=C(C)\C=C/N. The molecule has 2 N–H and O–H groups in total. The Morgan fingerprint density at radius 3 is 2.22 bits per heavy atom. The van der Waals surface area contributed by atoms with Gasteiger partial charge in [0.15, 0.2) is 0 Å². The maximum Gasteiger partial charge on any atom is -0.00596 e. The molecule has 0 spiro atoms. The number of allylic oxidation sites excluding steroid dienone is 4. The van der Waals surface area contributed by atoms with Crippen molar-refractivity contribution in [2.75, 3.05) is 0 Å². The van der Waals surface area contributed by atoms with Gasteiger partial charge in [0.2, 0.25) is 0 Å². The van der Waals surface area contributed by atoms with Crippen LogP contribution in [-0.2, 0) is 0 Å². The summed E-state index contributed by atoms with van der Waals surface area (Å²) >= 11 is 0. The van der Waals surface area contributed by atoms with E-state index < -0.39 is 0 Å². The maximum atomic E-state index is 5.17. The Labute approximate surface area is 56.6 Å². The minimum atomic E-state index is 1.16. The molecule has 0 unspecified atom stereocenters. The molecule has 0 atom stereocenters. The first-order valence-corrected chi connectivity index (χ1v) is 2.90. The first-order valence-electron chi connectivity index (χ1n) is 2.90. The molecule has 0 aromatic heterocycles. The maximum absolute atomic E-state index is 5.17. The van der Waals surface area contributed by atoms with Gasteiger partial charge in [-0.3, -0.25) is 0 Å². The fraction of sp³-hybridized carbons (Fsp3) is 0.250. The van der Waals surface area contributed by atoms with Crippen LogP contribution in [0.25, 0.3) is 0 Å². The standard InChI is InChI=1S/C8H13N/c1-4-7(2)8(3)5-6-9/h4-6H,1,9H2,2-3H3/b6-5-,8-7-. The molecule has 0 saturated carbocycles. The van der Waals surface area contributed by atoms with Crippen LogP contribution in [-0.4, -0.2) is 0 Å². The van der Waals surface area contributed by atoms with Gasteiger partial charge in [-0.05, 0) is 37.3 Å². The summed E-state index contributed by atoms with van der Waals surface area (Å²) in [6.07, 6.45) is 5.20. The molecule has 50 valence electrons. The summed E-state index contributed by atoms with van der Waals surface area (Å²) in [4.78, 5) is 0. The average molecular weight is 123 g/mol. The smallest absolute Gasteiger partial charge is 0.00596 e. The van der Waals surface area contributed by atoms with Crippen LogP contribution >= 0.6 is 0 Å². The van der Waals surface area contributed by atoms with E-state index in [1.165, 1.54) is 6.20 Å². The van der Waals surface area contributed by atoms with Gasteiger partial charge in [-0.15, -0.1) is 0 Å². The summed E-state index contributed by atoms with van der Waals surface area (Å²) in [6, 6.07) is 0. The second kappa shape index (κ2) is 3.96. The zero-order valence-corrected chi connectivity index (χ0v) is 6.02. The monoisotopic (exact) mass is 123 g/mol. The number of hydrogen-bond acceptors (Lipinski definition) is 1. The van der Waals surface area contributed by atoms with E-state index in [-0.39, 0.29) is 0 Å². The molecule has 0 fully saturated rings. The van der Waals surface area contributed by atoms with Crippen LogP contribution in [0.1, 0.15) is 13.8 Å². The first kappa shape index (κ1) is 8.02. The van der Waals surface area contributed by atoms with Crippen molar-refractivity contribution < 1.29 is 0 Å². The first-order chi connectivity index (χ1) is 4.22. The third-order valence-electron chi connectivity index (χ3n) is 1.27. The van der Waals surface area contributed by atoms with E-state index in [4.69, 9.17) is 5.73 Å². The van der Waals surface area contributed by atoms with Crippen molar-refractivity contribution >= 4 is 0 Å². The quantitative estimate of drug-likeness (QED) is 0.558. The van der Waals surface area contributed by atoms with Gasteiger partial charge in [0.05, 0.1) is 0 Å². The number of rotatable bonds is 2. The Bertz CT molecular complexity index is 152. The largest absolute Gasteiger partial charge is 0.405 e. The normalized spacial score (nSPS) is 13.6. The Morgan fingerprint density at radius 2 is 1.89 bits per heavy atom. The van der Waals surface area contributed by atoms with Crippen LogP contribution in [0, 0.1) is 0 Å². The number of hydrogen-bond donors (Lipinski definition) is 1. The lowest BCUT2D eigenvalue weighted by atomic mass is 10.1. The second-order valence-corrected chi connectivity index (χ2v) is 1.93. The average Bonchev–Trinajstić information content (AvgIpc) is 1.87. The van der Waals surface area contributed by atoms with E-state index in [0.29, 0.717) is 0 Å². The van der Waals surface area contributed by atoms with Crippen LogP contribution in [0.3, 0.4) is 0 Å². The number of nitrogens with two attached hydrogens (primary N) is 1. The second-order valence-electron chi connectivity index (χ2n) is 1.93. The summed E-state index contributed by atoms with van der Waals surface area (Å²) in [5, 5.41) is 0. The van der Waals surface area contributed by atoms with Gasteiger partial charge in [-0.25, -0.2) is 0 Å². The molecular weight excluding hydrogens is 110 g/mol. The topological polar surface area (TPSA) is 26.0 Å². The molecule has 0 heterocycles. The van der Waals surface area contributed by atoms with Crippen molar-refractivity contribution in [3.05, 3.63) is 36.1 Å². The molecule has 0 amide bonds.